The first-order valence-electron chi connectivity index (χ1n) is 3.84. The maximum atomic E-state index is 12.7. The molecular formula is C8H7FN2OS. The number of rotatable bonds is 0. The molecule has 0 atom stereocenters. The first kappa shape index (κ1) is 8.50. The van der Waals surface area contributed by atoms with Gasteiger partial charge in [0.2, 0.25) is 5.91 Å². The minimum absolute atomic E-state index is 0.0846. The van der Waals surface area contributed by atoms with Gasteiger partial charge >= 0.3 is 0 Å². The van der Waals surface area contributed by atoms with Crippen LogP contribution >= 0.6 is 11.8 Å². The van der Waals surface area contributed by atoms with Gasteiger partial charge in [0.1, 0.15) is 10.8 Å². The molecule has 0 saturated carbocycles. The molecule has 2 rings (SSSR count). The summed E-state index contributed by atoms with van der Waals surface area (Å²) in [6.07, 6.45) is 1.60. The van der Waals surface area contributed by atoms with Gasteiger partial charge in [0, 0.05) is 18.2 Å². The summed E-state index contributed by atoms with van der Waals surface area (Å²) < 4.78 is 12.7. The van der Waals surface area contributed by atoms with E-state index in [0.29, 0.717) is 22.9 Å². The molecule has 0 fully saturated rings. The minimum Gasteiger partial charge on any atom is -0.324 e. The van der Waals surface area contributed by atoms with Crippen molar-refractivity contribution < 1.29 is 9.18 Å². The molecule has 13 heavy (non-hydrogen) atoms. The van der Waals surface area contributed by atoms with Crippen molar-refractivity contribution in [3.63, 3.8) is 0 Å². The minimum atomic E-state index is -0.429. The maximum Gasteiger partial charge on any atom is 0.225 e. The second kappa shape index (κ2) is 3.33. The fraction of sp³-hybridized carbons (Fsp3) is 0.250. The van der Waals surface area contributed by atoms with E-state index < -0.39 is 5.82 Å². The van der Waals surface area contributed by atoms with E-state index in [2.05, 4.69) is 10.3 Å². The van der Waals surface area contributed by atoms with Gasteiger partial charge in [-0.1, -0.05) is 0 Å². The zero-order chi connectivity index (χ0) is 9.26. The van der Waals surface area contributed by atoms with E-state index in [4.69, 9.17) is 0 Å². The fourth-order valence-electron chi connectivity index (χ4n) is 1.08. The van der Waals surface area contributed by atoms with Gasteiger partial charge in [0.25, 0.3) is 0 Å². The third kappa shape index (κ3) is 1.80. The Kier molecular flexibility index (Phi) is 2.18. The Balaban J connectivity index is 2.40. The molecule has 0 aliphatic carbocycles. The Morgan fingerprint density at radius 3 is 3.31 bits per heavy atom. The number of fused-ring (bicyclic) bond motifs is 1. The quantitative estimate of drug-likeness (QED) is 0.689. The highest BCUT2D eigenvalue weighted by molar-refractivity contribution is 7.99. The van der Waals surface area contributed by atoms with Gasteiger partial charge in [-0.3, -0.25) is 4.79 Å². The van der Waals surface area contributed by atoms with Crippen LogP contribution in [0.1, 0.15) is 6.42 Å². The number of pyridine rings is 1. The average Bonchev–Trinajstić information content (AvgIpc) is 2.25. The van der Waals surface area contributed by atoms with Crippen molar-refractivity contribution in [1.82, 2.24) is 4.98 Å². The Labute approximate surface area is 78.7 Å². The van der Waals surface area contributed by atoms with Gasteiger partial charge in [-0.2, -0.15) is 0 Å². The number of amides is 1. The van der Waals surface area contributed by atoms with E-state index in [1.807, 2.05) is 0 Å². The summed E-state index contributed by atoms with van der Waals surface area (Å²) in [5.41, 5.74) is 0.479. The summed E-state index contributed by atoms with van der Waals surface area (Å²) in [5, 5.41) is 3.29. The molecular weight excluding hydrogens is 191 g/mol. The summed E-state index contributed by atoms with van der Waals surface area (Å²) in [5.74, 6) is 0.178. The van der Waals surface area contributed by atoms with Crippen LogP contribution in [0.25, 0.3) is 0 Å². The molecule has 0 saturated heterocycles. The highest BCUT2D eigenvalue weighted by Gasteiger charge is 2.14. The zero-order valence-corrected chi connectivity index (χ0v) is 7.53. The molecule has 0 aromatic carbocycles. The van der Waals surface area contributed by atoms with Crippen LogP contribution < -0.4 is 5.32 Å². The van der Waals surface area contributed by atoms with Gasteiger partial charge < -0.3 is 5.32 Å². The number of halogens is 1. The molecule has 2 heterocycles. The van der Waals surface area contributed by atoms with Crippen molar-refractivity contribution >= 4 is 23.4 Å². The van der Waals surface area contributed by atoms with Crippen LogP contribution in [-0.2, 0) is 4.79 Å². The first-order valence-corrected chi connectivity index (χ1v) is 4.82. The van der Waals surface area contributed by atoms with Crippen LogP contribution in [0, 0.1) is 5.82 Å². The Morgan fingerprint density at radius 2 is 2.46 bits per heavy atom. The van der Waals surface area contributed by atoms with Crippen LogP contribution in [0.4, 0.5) is 10.1 Å². The maximum absolute atomic E-state index is 12.7. The molecule has 0 unspecified atom stereocenters. The molecule has 1 aliphatic rings. The zero-order valence-electron chi connectivity index (χ0n) is 6.71. The molecule has 3 nitrogen and oxygen atoms in total. The molecule has 1 aliphatic heterocycles. The third-order valence-corrected chi connectivity index (χ3v) is 2.67. The van der Waals surface area contributed by atoms with Gasteiger partial charge in [-0.15, -0.1) is 11.8 Å². The van der Waals surface area contributed by atoms with Crippen molar-refractivity contribution in [2.45, 2.75) is 11.4 Å². The van der Waals surface area contributed by atoms with Crippen molar-refractivity contribution in [3.8, 4) is 0 Å². The monoisotopic (exact) mass is 198 g/mol. The molecule has 1 aromatic rings. The number of hydrogen-bond donors (Lipinski definition) is 1. The largest absolute Gasteiger partial charge is 0.324 e. The lowest BCUT2D eigenvalue weighted by Gasteiger charge is -2.03. The Morgan fingerprint density at radius 1 is 1.62 bits per heavy atom. The molecule has 1 amide bonds. The van der Waals surface area contributed by atoms with E-state index in [9.17, 15) is 9.18 Å². The molecule has 68 valence electrons. The number of carbonyl (C=O) groups excluding carboxylic acids is 1. The van der Waals surface area contributed by atoms with E-state index in [0.717, 1.165) is 6.20 Å². The number of hydrogen-bond acceptors (Lipinski definition) is 3. The number of carbonyl (C=O) groups is 1. The third-order valence-electron chi connectivity index (χ3n) is 1.66. The van der Waals surface area contributed by atoms with Crippen LogP contribution in [0.2, 0.25) is 0 Å². The topological polar surface area (TPSA) is 42.0 Å². The van der Waals surface area contributed by atoms with Gasteiger partial charge in [0.15, 0.2) is 0 Å². The smallest absolute Gasteiger partial charge is 0.225 e. The standard InChI is InChI=1S/C8H7FN2OS/c9-5-3-6-8(10-4-5)13-2-1-7(12)11-6/h3-4H,1-2H2,(H,11,12). The van der Waals surface area contributed by atoms with E-state index in [1.54, 1.807) is 0 Å². The van der Waals surface area contributed by atoms with E-state index in [1.165, 1.54) is 17.8 Å². The molecule has 5 heteroatoms. The second-order valence-electron chi connectivity index (χ2n) is 2.65. The normalized spacial score (nSPS) is 15.9. The number of thioether (sulfide) groups is 1. The number of nitrogens with one attached hydrogen (secondary N) is 1. The number of nitrogens with zero attached hydrogens (tertiary/aromatic N) is 1. The number of anilines is 1. The van der Waals surface area contributed by atoms with Crippen molar-refractivity contribution in [1.29, 1.82) is 0 Å². The lowest BCUT2D eigenvalue weighted by Crippen LogP contribution is -2.10. The van der Waals surface area contributed by atoms with Crippen molar-refractivity contribution in [2.75, 3.05) is 11.1 Å². The van der Waals surface area contributed by atoms with Crippen LogP contribution in [0.3, 0.4) is 0 Å². The molecule has 0 radical (unpaired) electrons. The van der Waals surface area contributed by atoms with Gasteiger partial charge in [-0.05, 0) is 0 Å². The summed E-state index contributed by atoms with van der Waals surface area (Å²) in [7, 11) is 0. The highest BCUT2D eigenvalue weighted by Crippen LogP contribution is 2.28. The van der Waals surface area contributed by atoms with Gasteiger partial charge in [-0.25, -0.2) is 9.37 Å². The summed E-state index contributed by atoms with van der Waals surface area (Å²) in [6, 6.07) is 1.29. The lowest BCUT2D eigenvalue weighted by atomic mass is 10.4. The predicted octanol–water partition coefficient (Wildman–Crippen LogP) is 1.66. The van der Waals surface area contributed by atoms with E-state index >= 15 is 0 Å². The Hall–Kier alpha value is -1.10. The average molecular weight is 198 g/mol. The molecule has 1 aromatic heterocycles. The van der Waals surface area contributed by atoms with Crippen LogP contribution in [0.15, 0.2) is 17.3 Å². The SMILES string of the molecule is O=C1CCSc2ncc(F)cc2N1. The van der Waals surface area contributed by atoms with Gasteiger partial charge in [0.05, 0.1) is 11.9 Å². The van der Waals surface area contributed by atoms with E-state index in [-0.39, 0.29) is 5.91 Å². The summed E-state index contributed by atoms with van der Waals surface area (Å²) >= 11 is 1.46. The number of aromatic nitrogens is 1. The first-order chi connectivity index (χ1) is 6.25. The lowest BCUT2D eigenvalue weighted by molar-refractivity contribution is -0.115. The summed E-state index contributed by atoms with van der Waals surface area (Å²) in [4.78, 5) is 15.0. The highest BCUT2D eigenvalue weighted by atomic mass is 32.2. The van der Waals surface area contributed by atoms with Crippen LogP contribution in [0.5, 0.6) is 0 Å². The molecule has 0 bridgehead atoms. The molecule has 0 spiro atoms. The predicted molar refractivity (Wildman–Crippen MR) is 48.2 cm³/mol. The van der Waals surface area contributed by atoms with Crippen molar-refractivity contribution in [2.24, 2.45) is 0 Å². The summed E-state index contributed by atoms with van der Waals surface area (Å²) in [6.45, 7) is 0. The Bertz CT molecular complexity index is 356. The second-order valence-corrected chi connectivity index (χ2v) is 3.74. The molecule has 1 N–H and O–H groups in total. The fourth-order valence-corrected chi connectivity index (χ4v) is 1.96. The van der Waals surface area contributed by atoms with Crippen molar-refractivity contribution in [3.05, 3.63) is 18.1 Å². The van der Waals surface area contributed by atoms with Crippen LogP contribution in [-0.4, -0.2) is 16.6 Å².